The van der Waals surface area contributed by atoms with Gasteiger partial charge >= 0.3 is 22.9 Å². The lowest BCUT2D eigenvalue weighted by atomic mass is 10.1. The maximum absolute atomic E-state index is 14.7. The molecule has 0 atom stereocenters. The number of pyridine rings is 2. The number of nitrogens with zero attached hydrogens (tertiary/aromatic N) is 13. The molecule has 0 saturated carbocycles. The first-order valence-corrected chi connectivity index (χ1v) is 23.6. The van der Waals surface area contributed by atoms with Crippen LogP contribution in [0.1, 0.15) is 12.8 Å². The number of halogens is 4. The largest absolute Gasteiger partial charge is 0.494 e. The maximum atomic E-state index is 14.7. The molecule has 0 fully saturated rings. The summed E-state index contributed by atoms with van der Waals surface area (Å²) in [7, 11) is 7.19. The monoisotopic (exact) mass is 1050 g/mol. The minimum absolute atomic E-state index is 0.000687. The fraction of sp³-hybridized carbons (Fsp3) is 0.196. The lowest BCUT2D eigenvalue weighted by molar-refractivity contribution is 0.387. The molecule has 0 aliphatic carbocycles. The molecule has 0 bridgehead atoms. The predicted molar refractivity (Wildman–Crippen MR) is 268 cm³/mol. The molecule has 26 heteroatoms. The summed E-state index contributed by atoms with van der Waals surface area (Å²) in [6.45, 7) is -0.210. The molecule has 0 N–H and O–H groups in total. The van der Waals surface area contributed by atoms with Gasteiger partial charge in [0, 0.05) is 55.1 Å². The molecule has 0 radical (unpaired) electrons. The van der Waals surface area contributed by atoms with Crippen LogP contribution in [0.3, 0.4) is 0 Å². The van der Waals surface area contributed by atoms with Crippen LogP contribution in [-0.4, -0.2) is 66.6 Å². The van der Waals surface area contributed by atoms with E-state index in [2.05, 4.69) is 31.2 Å². The van der Waals surface area contributed by atoms with E-state index in [1.165, 1.54) is 74.9 Å². The highest BCUT2D eigenvalue weighted by Gasteiger charge is 2.28. The Morgan fingerprint density at radius 1 is 0.694 bits per heavy atom. The highest BCUT2D eigenvalue weighted by atomic mass is 35.5. The van der Waals surface area contributed by atoms with Crippen molar-refractivity contribution in [3.05, 3.63) is 134 Å². The van der Waals surface area contributed by atoms with Crippen molar-refractivity contribution in [1.29, 1.82) is 5.26 Å². The van der Waals surface area contributed by atoms with Crippen LogP contribution in [0.15, 0.2) is 79.0 Å². The third-order valence-corrected chi connectivity index (χ3v) is 14.9. The van der Waals surface area contributed by atoms with Crippen molar-refractivity contribution in [2.45, 2.75) is 25.9 Å². The summed E-state index contributed by atoms with van der Waals surface area (Å²) in [4.78, 5) is 85.1. The molecule has 0 aliphatic heterocycles. The maximum Gasteiger partial charge on any atom is 0.455 e. The minimum Gasteiger partial charge on any atom is -0.494 e. The van der Waals surface area contributed by atoms with E-state index in [9.17, 15) is 38.0 Å². The van der Waals surface area contributed by atoms with Crippen molar-refractivity contribution in [2.75, 3.05) is 14.2 Å². The van der Waals surface area contributed by atoms with Gasteiger partial charge in [0.25, 0.3) is 11.1 Å². The van der Waals surface area contributed by atoms with Crippen molar-refractivity contribution in [2.24, 2.45) is 21.1 Å². The third kappa shape index (κ3) is 7.45. The van der Waals surface area contributed by atoms with E-state index in [4.69, 9.17) is 32.7 Å². The van der Waals surface area contributed by atoms with Crippen LogP contribution in [0, 0.1) is 29.0 Å². The summed E-state index contributed by atoms with van der Waals surface area (Å²) in [5.41, 5.74) is -1.35. The Labute approximate surface area is 419 Å². The van der Waals surface area contributed by atoms with E-state index in [-0.39, 0.29) is 102 Å². The molecule has 72 heavy (non-hydrogen) atoms. The zero-order chi connectivity index (χ0) is 51.0. The number of imidazole rings is 1. The van der Waals surface area contributed by atoms with E-state index in [1.807, 2.05) is 6.07 Å². The SMILES string of the molecule is COc1cc(-c2cc3c(s2)c(=O)n(-c2cnc([N+]#CCCn4c(=O)n(-c5cncc6c5n(C)c(=O)n6C)c(=O)c5sc(-c6cc(OC)c(F)cc6Cl)cc54)c4nnn(C)c24)c(=O)n3CCC#N)c(Cl)cc1F. The summed E-state index contributed by atoms with van der Waals surface area (Å²) in [6.07, 6.45) is 3.87. The smallest absolute Gasteiger partial charge is 0.455 e. The van der Waals surface area contributed by atoms with Gasteiger partial charge in [-0.1, -0.05) is 28.4 Å². The molecule has 362 valence electrons. The predicted octanol–water partition coefficient (Wildman–Crippen LogP) is 6.91. The van der Waals surface area contributed by atoms with Gasteiger partial charge in [-0.25, -0.2) is 37.0 Å². The summed E-state index contributed by atoms with van der Waals surface area (Å²) in [5.74, 6) is -1.59. The number of benzene rings is 2. The Morgan fingerprint density at radius 3 is 1.78 bits per heavy atom. The molecule has 2 aromatic carbocycles. The van der Waals surface area contributed by atoms with Crippen LogP contribution in [-0.2, 0) is 34.2 Å². The number of nitriles is 1. The van der Waals surface area contributed by atoms with E-state index in [1.54, 1.807) is 26.2 Å². The van der Waals surface area contributed by atoms with Gasteiger partial charge in [0.2, 0.25) is 5.52 Å². The van der Waals surface area contributed by atoms with Crippen LogP contribution in [0.4, 0.5) is 14.6 Å². The summed E-state index contributed by atoms with van der Waals surface area (Å²) in [6, 6.07) is 13.0. The average Bonchev–Trinajstić information content (AvgIpc) is 4.15. The number of aromatic nitrogens is 11. The first-order chi connectivity index (χ1) is 34.6. The normalized spacial score (nSPS) is 11.5. The zero-order valence-electron chi connectivity index (χ0n) is 38.0. The van der Waals surface area contributed by atoms with Gasteiger partial charge in [0.1, 0.15) is 20.6 Å². The standard InChI is InChI=1S/C46H32Cl2F2N13O7S2/c1-57-29-18-52-19-30(37(29)58(2)44(57)66)62-42(64)40-28(17-35(72-40)22-13-33(70-5)26(50)15-24(22)48)61(46(62)68)11-7-9-53-41-36-38(59(3)56-55-36)31(20-54-41)63-43(65)39-27(60(45(63)67)10-6-8-51)16-34(71-39)21-12-32(69-4)25(49)14-23(21)47/h12-20H,6-7,10-11H2,1-5H3/q+1. The van der Waals surface area contributed by atoms with Crippen molar-refractivity contribution in [1.82, 2.24) is 52.4 Å². The molecule has 8 heterocycles. The second kappa shape index (κ2) is 18.1. The summed E-state index contributed by atoms with van der Waals surface area (Å²) in [5, 5.41) is 18.0. The van der Waals surface area contributed by atoms with E-state index < -0.39 is 39.8 Å². The summed E-state index contributed by atoms with van der Waals surface area (Å²) < 4.78 is 48.2. The molecular weight excluding hydrogens is 1020 g/mol. The van der Waals surface area contributed by atoms with Crippen LogP contribution < -0.4 is 37.7 Å². The van der Waals surface area contributed by atoms with E-state index in [0.29, 0.717) is 26.4 Å². The van der Waals surface area contributed by atoms with Crippen molar-refractivity contribution in [3.8, 4) is 55.9 Å². The molecule has 0 unspecified atom stereocenters. The Bertz CT molecular complexity index is 4410. The van der Waals surface area contributed by atoms with Gasteiger partial charge in [-0.15, -0.1) is 27.8 Å². The molecule has 0 amide bonds. The lowest BCUT2D eigenvalue weighted by Crippen LogP contribution is -2.39. The van der Waals surface area contributed by atoms with Gasteiger partial charge < -0.3 is 9.47 Å². The molecule has 10 rings (SSSR count). The van der Waals surface area contributed by atoms with E-state index >= 15 is 0 Å². The number of fused-ring (bicyclic) bond motifs is 4. The number of hydrogen-bond acceptors (Lipinski definition) is 14. The molecule has 0 spiro atoms. The molecule has 10 aromatic rings. The fourth-order valence-electron chi connectivity index (χ4n) is 8.51. The second-order valence-electron chi connectivity index (χ2n) is 16.0. The van der Waals surface area contributed by atoms with Crippen molar-refractivity contribution >= 4 is 94.2 Å². The van der Waals surface area contributed by atoms with Crippen LogP contribution in [0.5, 0.6) is 11.5 Å². The Balaban J connectivity index is 1.08. The van der Waals surface area contributed by atoms with Gasteiger partial charge in [0.05, 0.1) is 83.3 Å². The molecular formula is C46H32Cl2F2N13O7S2+. The first-order valence-electron chi connectivity index (χ1n) is 21.2. The number of hydrogen-bond donors (Lipinski definition) is 0. The number of aryl methyl sites for hydroxylation is 5. The molecule has 0 saturated heterocycles. The second-order valence-corrected chi connectivity index (χ2v) is 18.9. The molecule has 20 nitrogen and oxygen atoms in total. The Hall–Kier alpha value is -8.29. The third-order valence-electron chi connectivity index (χ3n) is 12.0. The minimum atomic E-state index is -0.793. The summed E-state index contributed by atoms with van der Waals surface area (Å²) >= 11 is 15.0. The topological polar surface area (TPSA) is 218 Å². The number of thiophene rings is 2. The van der Waals surface area contributed by atoms with Gasteiger partial charge in [-0.3, -0.25) is 32.8 Å². The van der Waals surface area contributed by atoms with E-state index in [0.717, 1.165) is 43.9 Å². The highest BCUT2D eigenvalue weighted by molar-refractivity contribution is 7.22. The number of methoxy groups -OCH3 is 2. The molecule has 8 aromatic heterocycles. The fourth-order valence-corrected chi connectivity index (χ4v) is 11.4. The quantitative estimate of drug-likeness (QED) is 0.137. The van der Waals surface area contributed by atoms with Crippen LogP contribution in [0.2, 0.25) is 10.0 Å². The zero-order valence-corrected chi connectivity index (χ0v) is 41.2. The Morgan fingerprint density at radius 2 is 1.24 bits per heavy atom. The number of ether oxygens (including phenoxy) is 2. The first kappa shape index (κ1) is 47.4. The Kier molecular flexibility index (Phi) is 11.9. The average molecular weight is 1050 g/mol. The number of rotatable bonds is 10. The molecule has 0 aliphatic rings. The van der Waals surface area contributed by atoms with Crippen LogP contribution >= 0.6 is 45.9 Å². The van der Waals surface area contributed by atoms with Crippen molar-refractivity contribution < 1.29 is 18.3 Å². The lowest BCUT2D eigenvalue weighted by Gasteiger charge is -2.12. The van der Waals surface area contributed by atoms with Gasteiger partial charge in [0.15, 0.2) is 35.4 Å². The highest BCUT2D eigenvalue weighted by Crippen LogP contribution is 2.41. The van der Waals surface area contributed by atoms with Gasteiger partial charge in [-0.05, 0) is 41.4 Å². The van der Waals surface area contributed by atoms with Gasteiger partial charge in [-0.2, -0.15) is 10.1 Å². The van der Waals surface area contributed by atoms with Crippen LogP contribution in [0.25, 0.3) is 79.6 Å². The van der Waals surface area contributed by atoms with Crippen molar-refractivity contribution in [3.63, 3.8) is 0 Å².